The monoisotopic (exact) mass is 300 g/mol. The number of carbonyl (C=O) groups excluding carboxylic acids is 1. The first-order valence-electron chi connectivity index (χ1n) is 6.99. The average molecular weight is 300 g/mol. The van der Waals surface area contributed by atoms with Gasteiger partial charge in [0.2, 0.25) is 0 Å². The summed E-state index contributed by atoms with van der Waals surface area (Å²) in [5.74, 6) is 0.852. The molecule has 0 bridgehead atoms. The van der Waals surface area contributed by atoms with E-state index < -0.39 is 0 Å². The molecular formula is C17H20N2O3. The number of hydrogen-bond acceptors (Lipinski definition) is 4. The summed E-state index contributed by atoms with van der Waals surface area (Å²) < 4.78 is 10.8. The van der Waals surface area contributed by atoms with Crippen molar-refractivity contribution in [3.63, 3.8) is 0 Å². The summed E-state index contributed by atoms with van der Waals surface area (Å²) in [5.41, 5.74) is 8.30. The molecule has 0 atom stereocenters. The molecule has 1 amide bonds. The van der Waals surface area contributed by atoms with Crippen LogP contribution in [0.2, 0.25) is 0 Å². The van der Waals surface area contributed by atoms with Crippen molar-refractivity contribution in [1.82, 2.24) is 0 Å². The molecule has 0 aliphatic heterocycles. The zero-order valence-electron chi connectivity index (χ0n) is 12.8. The number of nitrogens with one attached hydrogen (secondary N) is 1. The minimum absolute atomic E-state index is 0.0906. The molecule has 0 saturated carbocycles. The Bertz CT molecular complexity index is 656. The molecule has 5 heteroatoms. The van der Waals surface area contributed by atoms with Gasteiger partial charge in [0.25, 0.3) is 5.91 Å². The molecule has 2 rings (SSSR count). The number of aryl methyl sites for hydroxylation is 1. The van der Waals surface area contributed by atoms with Crippen molar-refractivity contribution in [3.8, 4) is 11.5 Å². The minimum atomic E-state index is -0.223. The molecule has 0 saturated heterocycles. The highest BCUT2D eigenvalue weighted by atomic mass is 16.5. The summed E-state index contributed by atoms with van der Waals surface area (Å²) in [5, 5.41) is 2.82. The number of ether oxygens (including phenoxy) is 2. The Hall–Kier alpha value is -2.53. The molecule has 116 valence electrons. The van der Waals surface area contributed by atoms with Crippen LogP contribution in [0.3, 0.4) is 0 Å². The highest BCUT2D eigenvalue weighted by Gasteiger charge is 2.09. The number of amides is 1. The zero-order valence-corrected chi connectivity index (χ0v) is 12.8. The van der Waals surface area contributed by atoms with E-state index in [9.17, 15) is 4.79 Å². The predicted molar refractivity (Wildman–Crippen MR) is 86.2 cm³/mol. The maximum Gasteiger partial charge on any atom is 0.262 e. The molecule has 3 N–H and O–H groups in total. The molecule has 22 heavy (non-hydrogen) atoms. The van der Waals surface area contributed by atoms with Gasteiger partial charge >= 0.3 is 0 Å². The van der Waals surface area contributed by atoms with Crippen LogP contribution >= 0.6 is 0 Å². The molecule has 0 radical (unpaired) electrons. The molecule has 0 heterocycles. The van der Waals surface area contributed by atoms with Gasteiger partial charge in [-0.05, 0) is 36.2 Å². The fraction of sp³-hybridized carbons (Fsp3) is 0.235. The van der Waals surface area contributed by atoms with Crippen molar-refractivity contribution in [2.75, 3.05) is 19.0 Å². The lowest BCUT2D eigenvalue weighted by Gasteiger charge is -2.12. The summed E-state index contributed by atoms with van der Waals surface area (Å²) in [4.78, 5) is 12.0. The van der Waals surface area contributed by atoms with Crippen LogP contribution in [0.25, 0.3) is 0 Å². The fourth-order valence-corrected chi connectivity index (χ4v) is 2.00. The largest absolute Gasteiger partial charge is 0.493 e. The third-order valence-electron chi connectivity index (χ3n) is 3.24. The maximum atomic E-state index is 12.0. The van der Waals surface area contributed by atoms with Crippen LogP contribution < -0.4 is 20.5 Å². The van der Waals surface area contributed by atoms with Crippen LogP contribution in [0.15, 0.2) is 42.5 Å². The lowest BCUT2D eigenvalue weighted by atomic mass is 10.2. The smallest absolute Gasteiger partial charge is 0.262 e. The van der Waals surface area contributed by atoms with E-state index in [1.807, 2.05) is 37.3 Å². The van der Waals surface area contributed by atoms with Gasteiger partial charge in [0.1, 0.15) is 0 Å². The molecule has 0 spiro atoms. The third-order valence-corrected chi connectivity index (χ3v) is 3.24. The van der Waals surface area contributed by atoms with Gasteiger partial charge in [0, 0.05) is 12.2 Å². The molecule has 0 aliphatic carbocycles. The van der Waals surface area contributed by atoms with Crippen LogP contribution in [0, 0.1) is 6.92 Å². The number of hydrogen-bond donors (Lipinski definition) is 2. The Morgan fingerprint density at radius 1 is 1.18 bits per heavy atom. The topological polar surface area (TPSA) is 73.6 Å². The van der Waals surface area contributed by atoms with E-state index in [1.165, 1.54) is 0 Å². The molecular weight excluding hydrogens is 280 g/mol. The van der Waals surface area contributed by atoms with Crippen LogP contribution in [-0.2, 0) is 11.3 Å². The van der Waals surface area contributed by atoms with Crippen molar-refractivity contribution in [2.24, 2.45) is 5.73 Å². The van der Waals surface area contributed by atoms with Crippen LogP contribution in [0.5, 0.6) is 11.5 Å². The fourth-order valence-electron chi connectivity index (χ4n) is 2.00. The van der Waals surface area contributed by atoms with Gasteiger partial charge in [-0.25, -0.2) is 0 Å². The Morgan fingerprint density at radius 2 is 1.95 bits per heavy atom. The molecule has 2 aromatic carbocycles. The average Bonchev–Trinajstić information content (AvgIpc) is 2.55. The van der Waals surface area contributed by atoms with Gasteiger partial charge in [-0.1, -0.05) is 24.3 Å². The summed E-state index contributed by atoms with van der Waals surface area (Å²) in [6.45, 7) is 2.27. The lowest BCUT2D eigenvalue weighted by molar-refractivity contribution is -0.118. The molecule has 5 nitrogen and oxygen atoms in total. The summed E-state index contributed by atoms with van der Waals surface area (Å²) in [7, 11) is 1.55. The second-order valence-electron chi connectivity index (χ2n) is 4.84. The van der Waals surface area contributed by atoms with Crippen LogP contribution in [0.4, 0.5) is 5.69 Å². The maximum absolute atomic E-state index is 12.0. The Kier molecular flexibility index (Phi) is 5.38. The Morgan fingerprint density at radius 3 is 2.64 bits per heavy atom. The quantitative estimate of drug-likeness (QED) is 0.859. The van der Waals surface area contributed by atoms with Gasteiger partial charge in [-0.2, -0.15) is 0 Å². The minimum Gasteiger partial charge on any atom is -0.493 e. The van der Waals surface area contributed by atoms with E-state index in [0.29, 0.717) is 18.0 Å². The standard InChI is InChI=1S/C17H20N2O3/c1-12-5-3-4-6-14(12)19-17(20)11-22-15-8-7-13(10-18)9-16(15)21-2/h3-9H,10-11,18H2,1-2H3,(H,19,20). The van der Waals surface area contributed by atoms with E-state index in [4.69, 9.17) is 15.2 Å². The number of anilines is 1. The molecule has 0 fully saturated rings. The first-order valence-corrected chi connectivity index (χ1v) is 6.99. The second-order valence-corrected chi connectivity index (χ2v) is 4.84. The van der Waals surface area contributed by atoms with Crippen LogP contribution in [-0.4, -0.2) is 19.6 Å². The van der Waals surface area contributed by atoms with Gasteiger partial charge in [-0.3, -0.25) is 4.79 Å². The van der Waals surface area contributed by atoms with E-state index in [1.54, 1.807) is 19.2 Å². The molecule has 0 aromatic heterocycles. The first kappa shape index (κ1) is 15.9. The summed E-state index contributed by atoms with van der Waals surface area (Å²) >= 11 is 0. The number of rotatable bonds is 6. The number of benzene rings is 2. The van der Waals surface area contributed by atoms with Crippen molar-refractivity contribution in [1.29, 1.82) is 0 Å². The first-order chi connectivity index (χ1) is 10.6. The van der Waals surface area contributed by atoms with Gasteiger partial charge in [0.15, 0.2) is 18.1 Å². The molecule has 0 unspecified atom stereocenters. The second kappa shape index (κ2) is 7.47. The Labute approximate surface area is 130 Å². The summed E-state index contributed by atoms with van der Waals surface area (Å²) in [6.07, 6.45) is 0. The molecule has 0 aliphatic rings. The Balaban J connectivity index is 1.98. The van der Waals surface area contributed by atoms with Crippen molar-refractivity contribution in [3.05, 3.63) is 53.6 Å². The normalized spacial score (nSPS) is 10.1. The number of para-hydroxylation sites is 1. The highest BCUT2D eigenvalue weighted by Crippen LogP contribution is 2.27. The van der Waals surface area contributed by atoms with E-state index in [-0.39, 0.29) is 12.5 Å². The lowest BCUT2D eigenvalue weighted by Crippen LogP contribution is -2.20. The number of nitrogens with two attached hydrogens (primary N) is 1. The third kappa shape index (κ3) is 3.99. The van der Waals surface area contributed by atoms with Crippen molar-refractivity contribution in [2.45, 2.75) is 13.5 Å². The van der Waals surface area contributed by atoms with Crippen LogP contribution in [0.1, 0.15) is 11.1 Å². The SMILES string of the molecule is COc1cc(CN)ccc1OCC(=O)Nc1ccccc1C. The highest BCUT2D eigenvalue weighted by molar-refractivity contribution is 5.92. The molecule has 2 aromatic rings. The van der Waals surface area contributed by atoms with E-state index in [0.717, 1.165) is 16.8 Å². The van der Waals surface area contributed by atoms with E-state index >= 15 is 0 Å². The van der Waals surface area contributed by atoms with Gasteiger partial charge < -0.3 is 20.5 Å². The van der Waals surface area contributed by atoms with Gasteiger partial charge in [0.05, 0.1) is 7.11 Å². The van der Waals surface area contributed by atoms with Crippen molar-refractivity contribution >= 4 is 11.6 Å². The number of carbonyl (C=O) groups is 1. The zero-order chi connectivity index (χ0) is 15.9. The summed E-state index contributed by atoms with van der Waals surface area (Å²) in [6, 6.07) is 13.0. The predicted octanol–water partition coefficient (Wildman–Crippen LogP) is 2.48. The number of methoxy groups -OCH3 is 1. The van der Waals surface area contributed by atoms with Crippen molar-refractivity contribution < 1.29 is 14.3 Å². The van der Waals surface area contributed by atoms with E-state index in [2.05, 4.69) is 5.32 Å². The van der Waals surface area contributed by atoms with Gasteiger partial charge in [-0.15, -0.1) is 0 Å².